The van der Waals surface area contributed by atoms with E-state index < -0.39 is 6.09 Å². The van der Waals surface area contributed by atoms with Crippen molar-refractivity contribution in [1.82, 2.24) is 20.9 Å². The summed E-state index contributed by atoms with van der Waals surface area (Å²) in [6.45, 7) is 1.53. The minimum Gasteiger partial charge on any atom is -0.465 e. The van der Waals surface area contributed by atoms with E-state index in [0.717, 1.165) is 28.5 Å². The number of hydrogen-bond acceptors (Lipinski definition) is 3. The molecule has 1 fully saturated rings. The van der Waals surface area contributed by atoms with Crippen molar-refractivity contribution >= 4 is 22.9 Å². The molecular formula is C22H23FN4O3. The summed E-state index contributed by atoms with van der Waals surface area (Å²) in [6.07, 6.45) is -0.253. The molecule has 0 radical (unpaired) electrons. The SMILES string of the molecule is O=C(O)NC[C@@H]1CN[C@H](CNC(=O)c2[nH]c3ccccc3c2-c2ccc(F)cc2)C1. The smallest absolute Gasteiger partial charge is 0.404 e. The molecule has 2 amide bonds. The van der Waals surface area contributed by atoms with Gasteiger partial charge in [-0.15, -0.1) is 0 Å². The molecule has 0 saturated carbocycles. The zero-order chi connectivity index (χ0) is 21.1. The third-order valence-corrected chi connectivity index (χ3v) is 5.43. The van der Waals surface area contributed by atoms with E-state index in [4.69, 9.17) is 5.11 Å². The maximum Gasteiger partial charge on any atom is 0.404 e. The first-order valence-corrected chi connectivity index (χ1v) is 9.86. The maximum atomic E-state index is 13.4. The third kappa shape index (κ3) is 4.28. The van der Waals surface area contributed by atoms with Crippen LogP contribution in [0.2, 0.25) is 0 Å². The molecule has 5 N–H and O–H groups in total. The summed E-state index contributed by atoms with van der Waals surface area (Å²) in [7, 11) is 0. The molecule has 0 spiro atoms. The quantitative estimate of drug-likeness (QED) is 0.431. The largest absolute Gasteiger partial charge is 0.465 e. The summed E-state index contributed by atoms with van der Waals surface area (Å²) in [5.41, 5.74) is 2.77. The molecule has 156 valence electrons. The Morgan fingerprint density at radius 3 is 2.60 bits per heavy atom. The van der Waals surface area contributed by atoms with Crippen molar-refractivity contribution in [1.29, 1.82) is 0 Å². The number of aromatic amines is 1. The fraction of sp³-hybridized carbons (Fsp3) is 0.273. The number of aromatic nitrogens is 1. The fourth-order valence-electron chi connectivity index (χ4n) is 3.98. The summed E-state index contributed by atoms with van der Waals surface area (Å²) in [6, 6.07) is 13.8. The van der Waals surface area contributed by atoms with E-state index in [-0.39, 0.29) is 23.7 Å². The van der Waals surface area contributed by atoms with Gasteiger partial charge in [0.2, 0.25) is 0 Å². The van der Waals surface area contributed by atoms with Gasteiger partial charge in [0.25, 0.3) is 5.91 Å². The van der Waals surface area contributed by atoms with Crippen molar-refractivity contribution in [2.75, 3.05) is 19.6 Å². The molecule has 7 nitrogen and oxygen atoms in total. The van der Waals surface area contributed by atoms with Gasteiger partial charge in [0.1, 0.15) is 11.5 Å². The average molecular weight is 410 g/mol. The van der Waals surface area contributed by atoms with E-state index in [1.165, 1.54) is 12.1 Å². The van der Waals surface area contributed by atoms with Crippen LogP contribution in [-0.2, 0) is 0 Å². The number of hydrogen-bond donors (Lipinski definition) is 5. The van der Waals surface area contributed by atoms with Crippen LogP contribution >= 0.6 is 0 Å². The number of H-pyrrole nitrogens is 1. The Labute approximate surface area is 172 Å². The highest BCUT2D eigenvalue weighted by atomic mass is 19.1. The second-order valence-corrected chi connectivity index (χ2v) is 7.53. The molecule has 1 aliphatic rings. The molecule has 2 aromatic carbocycles. The first-order chi connectivity index (χ1) is 14.5. The number of benzene rings is 2. The maximum absolute atomic E-state index is 13.4. The number of carbonyl (C=O) groups is 2. The molecule has 0 bridgehead atoms. The highest BCUT2D eigenvalue weighted by molar-refractivity contribution is 6.09. The molecule has 8 heteroatoms. The third-order valence-electron chi connectivity index (χ3n) is 5.43. The number of carboxylic acid groups (broad SMARTS) is 1. The van der Waals surface area contributed by atoms with Crippen LogP contribution in [0.5, 0.6) is 0 Å². The molecule has 3 aromatic rings. The molecule has 0 aliphatic carbocycles. The van der Waals surface area contributed by atoms with Gasteiger partial charge in [-0.05, 0) is 36.1 Å². The molecule has 1 aromatic heterocycles. The Hall–Kier alpha value is -3.39. The van der Waals surface area contributed by atoms with E-state index in [2.05, 4.69) is 20.9 Å². The minimum absolute atomic E-state index is 0.0770. The summed E-state index contributed by atoms with van der Waals surface area (Å²) >= 11 is 0. The summed E-state index contributed by atoms with van der Waals surface area (Å²) in [5, 5.41) is 18.3. The zero-order valence-corrected chi connectivity index (χ0v) is 16.2. The van der Waals surface area contributed by atoms with Gasteiger partial charge in [-0.1, -0.05) is 30.3 Å². The van der Waals surface area contributed by atoms with Crippen LogP contribution in [0.4, 0.5) is 9.18 Å². The fourth-order valence-corrected chi connectivity index (χ4v) is 3.98. The lowest BCUT2D eigenvalue weighted by Crippen LogP contribution is -2.37. The molecule has 0 unspecified atom stereocenters. The van der Waals surface area contributed by atoms with Gasteiger partial charge < -0.3 is 26.0 Å². The van der Waals surface area contributed by atoms with Crippen LogP contribution in [-0.4, -0.2) is 47.8 Å². The lowest BCUT2D eigenvalue weighted by molar-refractivity contribution is 0.0946. The number of fused-ring (bicyclic) bond motifs is 1. The summed E-state index contributed by atoms with van der Waals surface area (Å²) in [4.78, 5) is 26.8. The summed E-state index contributed by atoms with van der Waals surface area (Å²) in [5.74, 6) is -0.367. The van der Waals surface area contributed by atoms with Gasteiger partial charge in [-0.2, -0.15) is 0 Å². The predicted molar refractivity (Wildman–Crippen MR) is 112 cm³/mol. The number of rotatable bonds is 6. The van der Waals surface area contributed by atoms with Crippen LogP contribution in [0.15, 0.2) is 48.5 Å². The van der Waals surface area contributed by atoms with Crippen LogP contribution in [0.1, 0.15) is 16.9 Å². The highest BCUT2D eigenvalue weighted by Crippen LogP contribution is 2.32. The Morgan fingerprint density at radius 2 is 1.83 bits per heavy atom. The van der Waals surface area contributed by atoms with Crippen LogP contribution < -0.4 is 16.0 Å². The van der Waals surface area contributed by atoms with E-state index >= 15 is 0 Å². The van der Waals surface area contributed by atoms with Gasteiger partial charge in [0.15, 0.2) is 0 Å². The number of nitrogens with one attached hydrogen (secondary N) is 4. The first-order valence-electron chi connectivity index (χ1n) is 9.86. The number of halogens is 1. The first kappa shape index (κ1) is 19.9. The number of para-hydroxylation sites is 1. The molecule has 4 rings (SSSR count). The van der Waals surface area contributed by atoms with Crippen molar-refractivity contribution < 1.29 is 19.1 Å². The van der Waals surface area contributed by atoms with E-state index in [0.29, 0.717) is 25.3 Å². The molecule has 2 atom stereocenters. The van der Waals surface area contributed by atoms with E-state index in [1.54, 1.807) is 12.1 Å². The second-order valence-electron chi connectivity index (χ2n) is 7.53. The van der Waals surface area contributed by atoms with Crippen molar-refractivity contribution in [2.24, 2.45) is 5.92 Å². The summed E-state index contributed by atoms with van der Waals surface area (Å²) < 4.78 is 13.4. The number of carbonyl (C=O) groups excluding carboxylic acids is 1. The zero-order valence-electron chi connectivity index (χ0n) is 16.2. The number of amides is 2. The van der Waals surface area contributed by atoms with E-state index in [1.807, 2.05) is 24.3 Å². The van der Waals surface area contributed by atoms with Gasteiger partial charge in [0, 0.05) is 42.1 Å². The van der Waals surface area contributed by atoms with Crippen molar-refractivity contribution in [2.45, 2.75) is 12.5 Å². The Morgan fingerprint density at radius 1 is 1.07 bits per heavy atom. The standard InChI is InChI=1S/C22H23FN4O3/c23-15-7-5-14(6-8-15)19-17-3-1-2-4-18(17)27-20(19)21(28)25-12-16-9-13(10-24-16)11-26-22(29)30/h1-8,13,16,24,26-27H,9-12H2,(H,25,28)(H,29,30)/t13-,16-/m0/s1. The monoisotopic (exact) mass is 410 g/mol. The molecule has 1 saturated heterocycles. The average Bonchev–Trinajstić information content (AvgIpc) is 3.35. The topological polar surface area (TPSA) is 106 Å². The van der Waals surface area contributed by atoms with Crippen LogP contribution in [0.3, 0.4) is 0 Å². The van der Waals surface area contributed by atoms with Crippen LogP contribution in [0, 0.1) is 11.7 Å². The van der Waals surface area contributed by atoms with Crippen molar-refractivity contribution in [3.8, 4) is 11.1 Å². The normalized spacial score (nSPS) is 18.4. The van der Waals surface area contributed by atoms with Crippen molar-refractivity contribution in [3.05, 3.63) is 60.0 Å². The molecule has 30 heavy (non-hydrogen) atoms. The van der Waals surface area contributed by atoms with Crippen LogP contribution in [0.25, 0.3) is 22.0 Å². The van der Waals surface area contributed by atoms with Gasteiger partial charge in [0.05, 0.1) is 0 Å². The predicted octanol–water partition coefficient (Wildman–Crippen LogP) is 2.95. The van der Waals surface area contributed by atoms with E-state index in [9.17, 15) is 14.0 Å². The molecule has 1 aliphatic heterocycles. The molecular weight excluding hydrogens is 387 g/mol. The Balaban J connectivity index is 1.49. The van der Waals surface area contributed by atoms with Gasteiger partial charge in [-0.3, -0.25) is 4.79 Å². The lowest BCUT2D eigenvalue weighted by Gasteiger charge is -2.13. The molecule has 2 heterocycles. The van der Waals surface area contributed by atoms with Crippen molar-refractivity contribution in [3.63, 3.8) is 0 Å². The van der Waals surface area contributed by atoms with Gasteiger partial charge in [-0.25, -0.2) is 9.18 Å². The lowest BCUT2D eigenvalue weighted by atomic mass is 10.0. The Kier molecular flexibility index (Phi) is 5.67. The minimum atomic E-state index is -1.03. The highest BCUT2D eigenvalue weighted by Gasteiger charge is 2.26. The second kappa shape index (κ2) is 8.54. The Bertz CT molecular complexity index is 1060. The van der Waals surface area contributed by atoms with Gasteiger partial charge >= 0.3 is 6.09 Å².